The fourth-order valence-electron chi connectivity index (χ4n) is 3.10. The van der Waals surface area contributed by atoms with E-state index in [1.165, 1.54) is 36.1 Å². The highest BCUT2D eigenvalue weighted by Gasteiger charge is 2.14. The topological polar surface area (TPSA) is 148 Å². The summed E-state index contributed by atoms with van der Waals surface area (Å²) in [6.45, 7) is 0.373. The molecule has 1 aromatic heterocycles. The molecule has 0 atom stereocenters. The number of rotatable bonds is 7. The zero-order valence-corrected chi connectivity index (χ0v) is 19.4. The maximum Gasteiger partial charge on any atom is 0.269 e. The van der Waals surface area contributed by atoms with Crippen molar-refractivity contribution >= 4 is 21.8 Å². The largest absolute Gasteiger partial charge is 0.269 e. The Kier molecular flexibility index (Phi) is 6.94. The van der Waals surface area contributed by atoms with Crippen LogP contribution < -0.4 is 15.6 Å². The third-order valence-electron chi connectivity index (χ3n) is 5.01. The molecule has 4 rings (SSSR count). The maximum absolute atomic E-state index is 12.4. The lowest BCUT2D eigenvalue weighted by Crippen LogP contribution is -2.41. The van der Waals surface area contributed by atoms with Crippen LogP contribution in [0.25, 0.3) is 11.4 Å². The minimum absolute atomic E-state index is 0.0260. The van der Waals surface area contributed by atoms with Gasteiger partial charge in [-0.25, -0.2) is 13.1 Å². The average Bonchev–Trinajstić information content (AvgIpc) is 3.36. The van der Waals surface area contributed by atoms with E-state index >= 15 is 0 Å². The van der Waals surface area contributed by atoms with Crippen molar-refractivity contribution in [2.24, 2.45) is 0 Å². The second-order valence-corrected chi connectivity index (χ2v) is 9.23. The van der Waals surface area contributed by atoms with Crippen LogP contribution >= 0.6 is 0 Å². The van der Waals surface area contributed by atoms with Gasteiger partial charge in [0.15, 0.2) is 0 Å². The van der Waals surface area contributed by atoms with Crippen LogP contribution in [0.4, 0.5) is 0 Å². The van der Waals surface area contributed by atoms with E-state index in [9.17, 15) is 18.0 Å². The van der Waals surface area contributed by atoms with Crippen LogP contribution in [0.15, 0.2) is 83.8 Å². The Hall–Kier alpha value is -4.42. The SMILES string of the molecule is CNS(=O)(=O)c1ccc(C(=O)NNC(=O)c2ccc(Cn3nnc(-c4ccccc4)n3)cc2)cc1. The van der Waals surface area contributed by atoms with E-state index in [-0.39, 0.29) is 10.5 Å². The Bertz CT molecular complexity index is 1440. The molecule has 0 aliphatic carbocycles. The van der Waals surface area contributed by atoms with Gasteiger partial charge in [0, 0.05) is 16.7 Å². The van der Waals surface area contributed by atoms with Crippen molar-refractivity contribution in [3.8, 4) is 11.4 Å². The number of nitrogens with one attached hydrogen (secondary N) is 3. The number of tetrazole rings is 1. The van der Waals surface area contributed by atoms with Crippen molar-refractivity contribution in [1.82, 2.24) is 35.8 Å². The Morgan fingerprint density at radius 3 is 1.97 bits per heavy atom. The summed E-state index contributed by atoms with van der Waals surface area (Å²) in [7, 11) is -2.31. The van der Waals surface area contributed by atoms with Crippen molar-refractivity contribution in [3.05, 3.63) is 95.6 Å². The molecule has 178 valence electrons. The number of carbonyl (C=O) groups excluding carboxylic acids is 2. The monoisotopic (exact) mass is 491 g/mol. The van der Waals surface area contributed by atoms with Gasteiger partial charge in [-0.2, -0.15) is 4.80 Å². The van der Waals surface area contributed by atoms with Crippen molar-refractivity contribution in [2.45, 2.75) is 11.4 Å². The van der Waals surface area contributed by atoms with E-state index < -0.39 is 21.8 Å². The number of amides is 2. The predicted molar refractivity (Wildman–Crippen MR) is 126 cm³/mol. The zero-order valence-electron chi connectivity index (χ0n) is 18.5. The predicted octanol–water partition coefficient (Wildman–Crippen LogP) is 1.37. The highest BCUT2D eigenvalue weighted by molar-refractivity contribution is 7.89. The summed E-state index contributed by atoms with van der Waals surface area (Å²) in [6.07, 6.45) is 0. The van der Waals surface area contributed by atoms with Crippen molar-refractivity contribution in [1.29, 1.82) is 0 Å². The van der Waals surface area contributed by atoms with Crippen LogP contribution in [0.3, 0.4) is 0 Å². The summed E-state index contributed by atoms with van der Waals surface area (Å²) < 4.78 is 25.7. The number of hydrogen-bond acceptors (Lipinski definition) is 7. The Labute approximate surface area is 201 Å². The Morgan fingerprint density at radius 2 is 1.40 bits per heavy atom. The summed E-state index contributed by atoms with van der Waals surface area (Å²) in [5.41, 5.74) is 6.89. The lowest BCUT2D eigenvalue weighted by atomic mass is 10.1. The average molecular weight is 492 g/mol. The lowest BCUT2D eigenvalue weighted by Gasteiger charge is -2.09. The molecule has 3 aromatic carbocycles. The molecule has 4 aromatic rings. The fraction of sp³-hybridized carbons (Fsp3) is 0.0870. The first kappa shape index (κ1) is 23.7. The molecule has 0 aliphatic heterocycles. The van der Waals surface area contributed by atoms with Crippen LogP contribution in [0.1, 0.15) is 26.3 Å². The van der Waals surface area contributed by atoms with Gasteiger partial charge < -0.3 is 0 Å². The van der Waals surface area contributed by atoms with Crippen LogP contribution in [0, 0.1) is 0 Å². The highest BCUT2D eigenvalue weighted by atomic mass is 32.2. The quantitative estimate of drug-likeness (QED) is 0.331. The van der Waals surface area contributed by atoms with Gasteiger partial charge in [0.2, 0.25) is 15.8 Å². The zero-order chi connectivity index (χ0) is 24.8. The molecule has 35 heavy (non-hydrogen) atoms. The van der Waals surface area contributed by atoms with Crippen LogP contribution in [0.2, 0.25) is 0 Å². The molecule has 11 nitrogen and oxygen atoms in total. The molecule has 0 bridgehead atoms. The van der Waals surface area contributed by atoms with Crippen molar-refractivity contribution < 1.29 is 18.0 Å². The number of hydrogen-bond donors (Lipinski definition) is 3. The summed E-state index contributed by atoms with van der Waals surface area (Å²) in [4.78, 5) is 26.1. The van der Waals surface area contributed by atoms with E-state index in [2.05, 4.69) is 31.0 Å². The van der Waals surface area contributed by atoms with Gasteiger partial charge in [-0.1, -0.05) is 42.5 Å². The normalized spacial score (nSPS) is 11.1. The number of aromatic nitrogens is 4. The van der Waals surface area contributed by atoms with Gasteiger partial charge >= 0.3 is 0 Å². The second kappa shape index (κ2) is 10.2. The van der Waals surface area contributed by atoms with Crippen molar-refractivity contribution in [3.63, 3.8) is 0 Å². The minimum Gasteiger partial charge on any atom is -0.267 e. The molecule has 0 spiro atoms. The number of nitrogens with zero attached hydrogens (tertiary/aromatic N) is 4. The molecule has 0 unspecified atom stereocenters. The number of sulfonamides is 1. The number of benzene rings is 3. The van der Waals surface area contributed by atoms with E-state index in [4.69, 9.17) is 0 Å². The number of hydrazine groups is 1. The van der Waals surface area contributed by atoms with Gasteiger partial charge in [-0.15, -0.1) is 10.2 Å². The first-order valence-electron chi connectivity index (χ1n) is 10.4. The standard InChI is InChI=1S/C23H21N7O4S/c1-24-35(33,34)20-13-11-19(12-14-20)23(32)27-26-22(31)18-9-7-16(8-10-18)15-30-28-21(25-29-30)17-5-3-2-4-6-17/h2-14,24H,15H2,1H3,(H,26,31)(H,27,32). The molecule has 3 N–H and O–H groups in total. The van der Waals surface area contributed by atoms with Crippen molar-refractivity contribution in [2.75, 3.05) is 7.05 Å². The minimum atomic E-state index is -3.60. The van der Waals surface area contributed by atoms with Crippen LogP contribution in [0.5, 0.6) is 0 Å². The summed E-state index contributed by atoms with van der Waals surface area (Å²) >= 11 is 0. The lowest BCUT2D eigenvalue weighted by molar-refractivity contribution is 0.0846. The number of carbonyl (C=O) groups is 2. The summed E-state index contributed by atoms with van der Waals surface area (Å²) in [5.74, 6) is -0.574. The van der Waals surface area contributed by atoms with Crippen LogP contribution in [-0.2, 0) is 16.6 Å². The smallest absolute Gasteiger partial charge is 0.267 e. The fourth-order valence-corrected chi connectivity index (χ4v) is 3.83. The molecule has 0 saturated heterocycles. The molecule has 0 radical (unpaired) electrons. The highest BCUT2D eigenvalue weighted by Crippen LogP contribution is 2.13. The van der Waals surface area contributed by atoms with Gasteiger partial charge in [0.05, 0.1) is 11.4 Å². The maximum atomic E-state index is 12.4. The summed E-state index contributed by atoms with van der Waals surface area (Å²) in [5, 5.41) is 12.5. The molecule has 12 heteroatoms. The molecule has 1 heterocycles. The van der Waals surface area contributed by atoms with E-state index in [1.54, 1.807) is 24.3 Å². The molecule has 2 amide bonds. The van der Waals surface area contributed by atoms with Gasteiger partial charge in [-0.3, -0.25) is 20.4 Å². The van der Waals surface area contributed by atoms with E-state index in [1.807, 2.05) is 30.3 Å². The summed E-state index contributed by atoms with van der Waals surface area (Å²) in [6, 6.07) is 21.5. The van der Waals surface area contributed by atoms with E-state index in [0.29, 0.717) is 17.9 Å². The second-order valence-electron chi connectivity index (χ2n) is 7.35. The molecule has 0 saturated carbocycles. The third kappa shape index (κ3) is 5.75. The van der Waals surface area contributed by atoms with E-state index in [0.717, 1.165) is 11.1 Å². The van der Waals surface area contributed by atoms with Gasteiger partial charge in [0.1, 0.15) is 0 Å². The Balaban J connectivity index is 1.32. The Morgan fingerprint density at radius 1 is 0.829 bits per heavy atom. The molecular weight excluding hydrogens is 470 g/mol. The van der Waals surface area contributed by atoms with Gasteiger partial charge in [0.25, 0.3) is 11.8 Å². The van der Waals surface area contributed by atoms with Gasteiger partial charge in [-0.05, 0) is 54.2 Å². The molecule has 0 aliphatic rings. The molecule has 0 fully saturated rings. The first-order chi connectivity index (χ1) is 16.9. The third-order valence-corrected chi connectivity index (χ3v) is 6.44. The first-order valence-corrected chi connectivity index (χ1v) is 11.9. The van der Waals surface area contributed by atoms with Crippen LogP contribution in [-0.4, -0.2) is 47.5 Å². The molecular formula is C23H21N7O4S.